The molecule has 1 N–H and O–H groups in total. The topological polar surface area (TPSA) is 63.4 Å². The molecule has 0 saturated carbocycles. The first-order valence-electron chi connectivity index (χ1n) is 6.73. The molecule has 1 aliphatic heterocycles. The zero-order valence-electron chi connectivity index (χ0n) is 12.5. The van der Waals surface area contributed by atoms with Crippen LogP contribution in [-0.4, -0.2) is 48.3 Å². The molecule has 6 heteroatoms. The van der Waals surface area contributed by atoms with E-state index < -0.39 is 5.60 Å². The van der Waals surface area contributed by atoms with E-state index >= 15 is 0 Å². The van der Waals surface area contributed by atoms with Crippen LogP contribution in [0.4, 0.5) is 0 Å². The van der Waals surface area contributed by atoms with E-state index in [0.29, 0.717) is 5.89 Å². The maximum atomic E-state index is 5.38. The van der Waals surface area contributed by atoms with Gasteiger partial charge in [0.25, 0.3) is 5.89 Å². The monoisotopic (exact) mass is 268 g/mol. The molecule has 19 heavy (non-hydrogen) atoms. The highest BCUT2D eigenvalue weighted by molar-refractivity contribution is 5.05. The summed E-state index contributed by atoms with van der Waals surface area (Å²) >= 11 is 0. The zero-order valence-corrected chi connectivity index (χ0v) is 12.5. The predicted octanol–water partition coefficient (Wildman–Crippen LogP) is 1.09. The van der Waals surface area contributed by atoms with Crippen LogP contribution in [0.1, 0.15) is 39.4 Å². The summed E-state index contributed by atoms with van der Waals surface area (Å²) < 4.78 is 10.7. The standard InChI is InChI=1S/C13H24N4O2/c1-12(2,17-8-6-14-7-9-17)10-15-11(19-16-10)13(3,4)18-5/h14H,6-9H2,1-5H3. The number of aromatic nitrogens is 2. The second kappa shape index (κ2) is 5.19. The molecule has 0 aliphatic carbocycles. The van der Waals surface area contributed by atoms with Crippen LogP contribution in [0.3, 0.4) is 0 Å². The quantitative estimate of drug-likeness (QED) is 0.882. The summed E-state index contributed by atoms with van der Waals surface area (Å²) in [5.41, 5.74) is -0.779. The van der Waals surface area contributed by atoms with Gasteiger partial charge in [-0.2, -0.15) is 4.98 Å². The second-order valence-electron chi connectivity index (χ2n) is 5.93. The van der Waals surface area contributed by atoms with Crippen LogP contribution in [0.2, 0.25) is 0 Å². The minimum atomic E-state index is -0.551. The fraction of sp³-hybridized carbons (Fsp3) is 0.846. The number of methoxy groups -OCH3 is 1. The first kappa shape index (κ1) is 14.4. The number of rotatable bonds is 4. The molecule has 0 amide bonds. The normalized spacial score (nSPS) is 18.8. The molecule has 0 radical (unpaired) electrons. The summed E-state index contributed by atoms with van der Waals surface area (Å²) in [5.74, 6) is 1.24. The van der Waals surface area contributed by atoms with Gasteiger partial charge in [0, 0.05) is 33.3 Å². The van der Waals surface area contributed by atoms with Crippen LogP contribution in [0.15, 0.2) is 4.52 Å². The molecule has 1 saturated heterocycles. The summed E-state index contributed by atoms with van der Waals surface area (Å²) in [4.78, 5) is 6.91. The minimum Gasteiger partial charge on any atom is -0.369 e. The van der Waals surface area contributed by atoms with E-state index in [2.05, 4.69) is 34.2 Å². The summed E-state index contributed by atoms with van der Waals surface area (Å²) in [7, 11) is 1.64. The van der Waals surface area contributed by atoms with Crippen LogP contribution in [0, 0.1) is 0 Å². The average molecular weight is 268 g/mol. The number of ether oxygens (including phenoxy) is 1. The first-order chi connectivity index (χ1) is 8.88. The highest BCUT2D eigenvalue weighted by atomic mass is 16.5. The number of hydrogen-bond donors (Lipinski definition) is 1. The van der Waals surface area contributed by atoms with Gasteiger partial charge in [0.05, 0.1) is 5.54 Å². The summed E-state index contributed by atoms with van der Waals surface area (Å²) in [5, 5.41) is 7.50. The highest BCUT2D eigenvalue weighted by Gasteiger charge is 2.36. The Bertz CT molecular complexity index is 422. The molecular weight excluding hydrogens is 244 g/mol. The van der Waals surface area contributed by atoms with Crippen molar-refractivity contribution in [3.63, 3.8) is 0 Å². The lowest BCUT2D eigenvalue weighted by atomic mass is 10.0. The summed E-state index contributed by atoms with van der Waals surface area (Å²) in [6.07, 6.45) is 0. The molecule has 0 atom stereocenters. The fourth-order valence-electron chi connectivity index (χ4n) is 2.17. The van der Waals surface area contributed by atoms with Gasteiger partial charge in [0.15, 0.2) is 5.82 Å². The lowest BCUT2D eigenvalue weighted by molar-refractivity contribution is -0.00787. The molecule has 0 spiro atoms. The van der Waals surface area contributed by atoms with Crippen molar-refractivity contribution in [2.45, 2.75) is 38.8 Å². The van der Waals surface area contributed by atoms with Gasteiger partial charge < -0.3 is 14.6 Å². The zero-order chi connectivity index (χ0) is 14.1. The van der Waals surface area contributed by atoms with Crippen molar-refractivity contribution in [1.29, 1.82) is 0 Å². The Balaban J connectivity index is 2.21. The van der Waals surface area contributed by atoms with E-state index in [1.165, 1.54) is 0 Å². The van der Waals surface area contributed by atoms with Gasteiger partial charge in [0.1, 0.15) is 5.60 Å². The molecule has 6 nitrogen and oxygen atoms in total. The Kier molecular flexibility index (Phi) is 3.94. The molecule has 1 aromatic heterocycles. The van der Waals surface area contributed by atoms with E-state index in [-0.39, 0.29) is 5.54 Å². The lowest BCUT2D eigenvalue weighted by Gasteiger charge is -2.38. The van der Waals surface area contributed by atoms with E-state index in [4.69, 9.17) is 9.26 Å². The van der Waals surface area contributed by atoms with Crippen molar-refractivity contribution in [3.05, 3.63) is 11.7 Å². The van der Waals surface area contributed by atoms with Gasteiger partial charge in [-0.1, -0.05) is 5.16 Å². The van der Waals surface area contributed by atoms with Crippen LogP contribution < -0.4 is 5.32 Å². The molecule has 0 unspecified atom stereocenters. The van der Waals surface area contributed by atoms with Gasteiger partial charge in [-0.25, -0.2) is 0 Å². The number of hydrogen-bond acceptors (Lipinski definition) is 6. The predicted molar refractivity (Wildman–Crippen MR) is 71.8 cm³/mol. The Hall–Kier alpha value is -0.980. The SMILES string of the molecule is COC(C)(C)c1nc(C(C)(C)N2CCNCC2)no1. The van der Waals surface area contributed by atoms with Crippen LogP contribution >= 0.6 is 0 Å². The van der Waals surface area contributed by atoms with E-state index in [1.54, 1.807) is 7.11 Å². The van der Waals surface area contributed by atoms with Crippen LogP contribution in [0.25, 0.3) is 0 Å². The number of nitrogens with one attached hydrogen (secondary N) is 1. The van der Waals surface area contributed by atoms with Crippen LogP contribution in [-0.2, 0) is 15.9 Å². The first-order valence-corrected chi connectivity index (χ1v) is 6.73. The molecule has 1 aromatic rings. The van der Waals surface area contributed by atoms with Crippen molar-refractivity contribution >= 4 is 0 Å². The van der Waals surface area contributed by atoms with Gasteiger partial charge in [-0.05, 0) is 27.7 Å². The van der Waals surface area contributed by atoms with Crippen molar-refractivity contribution in [1.82, 2.24) is 20.4 Å². The van der Waals surface area contributed by atoms with Crippen molar-refractivity contribution in [3.8, 4) is 0 Å². The summed E-state index contributed by atoms with van der Waals surface area (Å²) in [6, 6.07) is 0. The average Bonchev–Trinajstić information content (AvgIpc) is 2.91. The smallest absolute Gasteiger partial charge is 0.258 e. The maximum Gasteiger partial charge on any atom is 0.258 e. The molecule has 1 fully saturated rings. The van der Waals surface area contributed by atoms with Gasteiger partial charge >= 0.3 is 0 Å². The van der Waals surface area contributed by atoms with E-state index in [9.17, 15) is 0 Å². The lowest BCUT2D eigenvalue weighted by Crippen LogP contribution is -2.52. The van der Waals surface area contributed by atoms with E-state index in [0.717, 1.165) is 32.0 Å². The van der Waals surface area contributed by atoms with Crippen molar-refractivity contribution in [2.24, 2.45) is 0 Å². The molecule has 2 rings (SSSR count). The Labute approximate surface area is 114 Å². The van der Waals surface area contributed by atoms with Gasteiger partial charge in [0.2, 0.25) is 0 Å². The third-order valence-corrected chi connectivity index (χ3v) is 3.91. The third-order valence-electron chi connectivity index (χ3n) is 3.91. The Morgan fingerprint density at radius 3 is 2.42 bits per heavy atom. The summed E-state index contributed by atoms with van der Waals surface area (Å²) in [6.45, 7) is 12.1. The van der Waals surface area contributed by atoms with Crippen LogP contribution in [0.5, 0.6) is 0 Å². The molecule has 2 heterocycles. The molecule has 1 aliphatic rings. The second-order valence-corrected chi connectivity index (χ2v) is 5.93. The molecule has 108 valence electrons. The number of piperazine rings is 1. The molecular formula is C13H24N4O2. The molecule has 0 bridgehead atoms. The third kappa shape index (κ3) is 2.80. The highest BCUT2D eigenvalue weighted by Crippen LogP contribution is 2.29. The minimum absolute atomic E-state index is 0.229. The molecule has 0 aromatic carbocycles. The maximum absolute atomic E-state index is 5.38. The fourth-order valence-corrected chi connectivity index (χ4v) is 2.17. The van der Waals surface area contributed by atoms with Crippen molar-refractivity contribution < 1.29 is 9.26 Å². The number of nitrogens with zero attached hydrogens (tertiary/aromatic N) is 3. The van der Waals surface area contributed by atoms with Crippen molar-refractivity contribution in [2.75, 3.05) is 33.3 Å². The largest absolute Gasteiger partial charge is 0.369 e. The van der Waals surface area contributed by atoms with Gasteiger partial charge in [-0.3, -0.25) is 4.90 Å². The van der Waals surface area contributed by atoms with Gasteiger partial charge in [-0.15, -0.1) is 0 Å². The Morgan fingerprint density at radius 2 is 1.84 bits per heavy atom. The van der Waals surface area contributed by atoms with E-state index in [1.807, 2.05) is 13.8 Å². The Morgan fingerprint density at radius 1 is 1.21 bits per heavy atom.